The SMILES string of the molecule is Cc1csc(C(C)N2CC(=O)NC(C)C2=O)n1. The Bertz CT molecular complexity index is 457. The molecule has 1 aliphatic rings. The predicted molar refractivity (Wildman–Crippen MR) is 64.6 cm³/mol. The van der Waals surface area contributed by atoms with Crippen molar-refractivity contribution < 1.29 is 9.59 Å². The third-order valence-corrected chi connectivity index (χ3v) is 3.94. The summed E-state index contributed by atoms with van der Waals surface area (Å²) in [6.07, 6.45) is 0. The highest BCUT2D eigenvalue weighted by Gasteiger charge is 2.33. The van der Waals surface area contributed by atoms with Crippen LogP contribution in [0.15, 0.2) is 5.38 Å². The molecule has 1 N–H and O–H groups in total. The first-order chi connectivity index (χ1) is 7.99. The Morgan fingerprint density at radius 2 is 2.29 bits per heavy atom. The van der Waals surface area contributed by atoms with E-state index in [0.29, 0.717) is 0 Å². The molecule has 1 saturated heterocycles. The van der Waals surface area contributed by atoms with Crippen LogP contribution in [-0.2, 0) is 9.59 Å². The van der Waals surface area contributed by atoms with Gasteiger partial charge in [-0.25, -0.2) is 4.98 Å². The van der Waals surface area contributed by atoms with Gasteiger partial charge in [-0.2, -0.15) is 0 Å². The van der Waals surface area contributed by atoms with Crippen LogP contribution in [0.1, 0.15) is 30.6 Å². The minimum atomic E-state index is -0.445. The van der Waals surface area contributed by atoms with Gasteiger partial charge in [-0.05, 0) is 20.8 Å². The van der Waals surface area contributed by atoms with Crippen molar-refractivity contribution in [1.29, 1.82) is 0 Å². The van der Waals surface area contributed by atoms with E-state index in [2.05, 4.69) is 10.3 Å². The molecule has 2 rings (SSSR count). The number of carbonyl (C=O) groups excluding carboxylic acids is 2. The Hall–Kier alpha value is -1.43. The van der Waals surface area contributed by atoms with Crippen LogP contribution >= 0.6 is 11.3 Å². The van der Waals surface area contributed by atoms with Crippen molar-refractivity contribution in [2.24, 2.45) is 0 Å². The lowest BCUT2D eigenvalue weighted by Crippen LogP contribution is -2.57. The Kier molecular flexibility index (Phi) is 3.15. The van der Waals surface area contributed by atoms with Gasteiger partial charge < -0.3 is 10.2 Å². The van der Waals surface area contributed by atoms with Gasteiger partial charge in [0.05, 0.1) is 6.04 Å². The van der Waals surface area contributed by atoms with Gasteiger partial charge >= 0.3 is 0 Å². The number of hydrogen-bond donors (Lipinski definition) is 1. The summed E-state index contributed by atoms with van der Waals surface area (Å²) >= 11 is 1.52. The Morgan fingerprint density at radius 3 is 2.88 bits per heavy atom. The number of rotatable bonds is 2. The van der Waals surface area contributed by atoms with Gasteiger partial charge in [0.1, 0.15) is 17.6 Å². The third kappa shape index (κ3) is 2.31. The molecule has 0 saturated carbocycles. The van der Waals surface area contributed by atoms with Crippen molar-refractivity contribution >= 4 is 23.2 Å². The zero-order chi connectivity index (χ0) is 12.6. The number of amides is 2. The summed E-state index contributed by atoms with van der Waals surface area (Å²) in [6.45, 7) is 5.64. The number of nitrogens with one attached hydrogen (secondary N) is 1. The Morgan fingerprint density at radius 1 is 1.59 bits per heavy atom. The van der Waals surface area contributed by atoms with Crippen LogP contribution in [0.3, 0.4) is 0 Å². The number of hydrogen-bond acceptors (Lipinski definition) is 4. The summed E-state index contributed by atoms with van der Waals surface area (Å²) in [5.41, 5.74) is 0.943. The number of aryl methyl sites for hydroxylation is 1. The summed E-state index contributed by atoms with van der Waals surface area (Å²) in [6, 6.07) is -0.588. The molecule has 1 aromatic rings. The normalized spacial score (nSPS) is 22.5. The maximum Gasteiger partial charge on any atom is 0.245 e. The molecule has 0 spiro atoms. The van der Waals surface area contributed by atoms with E-state index < -0.39 is 6.04 Å². The van der Waals surface area contributed by atoms with Crippen LogP contribution in [0.5, 0.6) is 0 Å². The average molecular weight is 253 g/mol. The van der Waals surface area contributed by atoms with Crippen molar-refractivity contribution in [1.82, 2.24) is 15.2 Å². The van der Waals surface area contributed by atoms with E-state index >= 15 is 0 Å². The van der Waals surface area contributed by atoms with E-state index in [1.807, 2.05) is 19.2 Å². The predicted octanol–water partition coefficient (Wildman–Crippen LogP) is 0.859. The van der Waals surface area contributed by atoms with E-state index in [4.69, 9.17) is 0 Å². The standard InChI is InChI=1S/C11H15N3O2S/c1-6-5-17-10(12-6)8(3)14-4-9(15)13-7(2)11(14)16/h5,7-8H,4H2,1-3H3,(H,13,15). The molecule has 6 heteroatoms. The summed E-state index contributed by atoms with van der Waals surface area (Å²) < 4.78 is 0. The zero-order valence-corrected chi connectivity index (χ0v) is 10.9. The summed E-state index contributed by atoms with van der Waals surface area (Å²) in [5, 5.41) is 5.44. The summed E-state index contributed by atoms with van der Waals surface area (Å²) in [7, 11) is 0. The molecule has 92 valence electrons. The molecule has 2 atom stereocenters. The highest BCUT2D eigenvalue weighted by atomic mass is 32.1. The van der Waals surface area contributed by atoms with E-state index in [-0.39, 0.29) is 24.4 Å². The maximum atomic E-state index is 12.0. The molecule has 17 heavy (non-hydrogen) atoms. The van der Waals surface area contributed by atoms with Crippen molar-refractivity contribution in [3.05, 3.63) is 16.1 Å². The minimum absolute atomic E-state index is 0.0510. The van der Waals surface area contributed by atoms with Gasteiger partial charge in [0, 0.05) is 11.1 Å². The lowest BCUT2D eigenvalue weighted by Gasteiger charge is -2.34. The van der Waals surface area contributed by atoms with E-state index in [9.17, 15) is 9.59 Å². The van der Waals surface area contributed by atoms with Crippen molar-refractivity contribution in [2.75, 3.05) is 6.54 Å². The Balaban J connectivity index is 2.20. The molecular formula is C11H15N3O2S. The number of aromatic nitrogens is 1. The van der Waals surface area contributed by atoms with E-state index in [1.54, 1.807) is 11.8 Å². The first-order valence-electron chi connectivity index (χ1n) is 5.51. The molecule has 2 amide bonds. The molecule has 1 aliphatic heterocycles. The smallest absolute Gasteiger partial charge is 0.245 e. The largest absolute Gasteiger partial charge is 0.343 e. The second-order valence-electron chi connectivity index (χ2n) is 4.26. The van der Waals surface area contributed by atoms with Crippen LogP contribution in [0.2, 0.25) is 0 Å². The number of carbonyl (C=O) groups is 2. The fraction of sp³-hybridized carbons (Fsp3) is 0.545. The molecule has 1 fully saturated rings. The quantitative estimate of drug-likeness (QED) is 0.850. The van der Waals surface area contributed by atoms with Gasteiger partial charge in [-0.15, -0.1) is 11.3 Å². The van der Waals surface area contributed by atoms with Gasteiger partial charge in [0.25, 0.3) is 0 Å². The monoisotopic (exact) mass is 253 g/mol. The number of thiazole rings is 1. The summed E-state index contributed by atoms with van der Waals surface area (Å²) in [4.78, 5) is 29.4. The molecule has 0 bridgehead atoms. The van der Waals surface area contributed by atoms with Crippen LogP contribution < -0.4 is 5.32 Å². The van der Waals surface area contributed by atoms with Gasteiger partial charge in [0.2, 0.25) is 11.8 Å². The summed E-state index contributed by atoms with van der Waals surface area (Å²) in [5.74, 6) is -0.165. The van der Waals surface area contributed by atoms with Gasteiger partial charge in [-0.3, -0.25) is 9.59 Å². The number of piperazine rings is 1. The Labute approximate surface area is 104 Å². The molecule has 5 nitrogen and oxygen atoms in total. The molecule has 0 aliphatic carbocycles. The van der Waals surface area contributed by atoms with Crippen LogP contribution in [0.4, 0.5) is 0 Å². The van der Waals surface area contributed by atoms with E-state index in [0.717, 1.165) is 10.7 Å². The first kappa shape index (κ1) is 12.0. The van der Waals surface area contributed by atoms with E-state index in [1.165, 1.54) is 11.3 Å². The molecule has 1 aromatic heterocycles. The number of nitrogens with zero attached hydrogens (tertiary/aromatic N) is 2. The second-order valence-corrected chi connectivity index (χ2v) is 5.15. The van der Waals surface area contributed by atoms with Crippen molar-refractivity contribution in [3.8, 4) is 0 Å². The lowest BCUT2D eigenvalue weighted by atomic mass is 10.1. The highest BCUT2D eigenvalue weighted by molar-refractivity contribution is 7.09. The van der Waals surface area contributed by atoms with Crippen LogP contribution in [0.25, 0.3) is 0 Å². The average Bonchev–Trinajstić information content (AvgIpc) is 2.69. The molecule has 0 radical (unpaired) electrons. The maximum absolute atomic E-state index is 12.0. The molecule has 2 heterocycles. The van der Waals surface area contributed by atoms with Crippen LogP contribution in [0, 0.1) is 6.92 Å². The fourth-order valence-corrected chi connectivity index (χ4v) is 2.72. The second kappa shape index (κ2) is 4.44. The molecule has 0 aromatic carbocycles. The lowest BCUT2D eigenvalue weighted by molar-refractivity contribution is -0.145. The van der Waals surface area contributed by atoms with Crippen molar-refractivity contribution in [2.45, 2.75) is 32.9 Å². The topological polar surface area (TPSA) is 62.3 Å². The minimum Gasteiger partial charge on any atom is -0.343 e. The molecule has 2 unspecified atom stereocenters. The first-order valence-corrected chi connectivity index (χ1v) is 6.39. The van der Waals surface area contributed by atoms with Crippen molar-refractivity contribution in [3.63, 3.8) is 0 Å². The highest BCUT2D eigenvalue weighted by Crippen LogP contribution is 2.25. The third-order valence-electron chi connectivity index (χ3n) is 2.81. The van der Waals surface area contributed by atoms with Gasteiger partial charge in [0.15, 0.2) is 0 Å². The molecular weight excluding hydrogens is 238 g/mol. The van der Waals surface area contributed by atoms with Gasteiger partial charge in [-0.1, -0.05) is 0 Å². The zero-order valence-electron chi connectivity index (χ0n) is 10.1. The fourth-order valence-electron chi connectivity index (χ4n) is 1.86. The van der Waals surface area contributed by atoms with Crippen LogP contribution in [-0.4, -0.2) is 34.3 Å².